The van der Waals surface area contributed by atoms with E-state index in [0.717, 1.165) is 0 Å². The first-order chi connectivity index (χ1) is 14.4. The summed E-state index contributed by atoms with van der Waals surface area (Å²) in [5, 5.41) is 0. The summed E-state index contributed by atoms with van der Waals surface area (Å²) in [6.07, 6.45) is 0.0539. The first-order valence-corrected chi connectivity index (χ1v) is 9.82. The van der Waals surface area contributed by atoms with Gasteiger partial charge in [-0.1, -0.05) is 0 Å². The van der Waals surface area contributed by atoms with Crippen LogP contribution in [0.2, 0.25) is 0 Å². The van der Waals surface area contributed by atoms with E-state index in [9.17, 15) is 14.4 Å². The number of hydrogen-bond donors (Lipinski definition) is 0. The summed E-state index contributed by atoms with van der Waals surface area (Å²) in [6, 6.07) is 2.96. The van der Waals surface area contributed by atoms with Gasteiger partial charge in [0, 0.05) is 25.2 Å². The Morgan fingerprint density at radius 1 is 1.00 bits per heavy atom. The summed E-state index contributed by atoms with van der Waals surface area (Å²) in [7, 11) is 4.34. The van der Waals surface area contributed by atoms with Gasteiger partial charge >= 0.3 is 11.9 Å². The highest BCUT2D eigenvalue weighted by molar-refractivity contribution is 5.95. The van der Waals surface area contributed by atoms with Crippen molar-refractivity contribution in [1.82, 2.24) is 4.90 Å². The van der Waals surface area contributed by atoms with Gasteiger partial charge in [-0.05, 0) is 26.7 Å². The Morgan fingerprint density at radius 3 is 2.10 bits per heavy atom. The fourth-order valence-corrected chi connectivity index (χ4v) is 3.32. The number of carbonyl (C=O) groups is 3. The van der Waals surface area contributed by atoms with Crippen molar-refractivity contribution in [3.05, 3.63) is 17.7 Å². The van der Waals surface area contributed by atoms with Gasteiger partial charge in [0.25, 0.3) is 5.91 Å². The number of rotatable bonds is 8. The van der Waals surface area contributed by atoms with Gasteiger partial charge in [-0.2, -0.15) is 0 Å². The second-order valence-corrected chi connectivity index (χ2v) is 6.81. The highest BCUT2D eigenvalue weighted by Gasteiger charge is 2.32. The van der Waals surface area contributed by atoms with Crippen LogP contribution in [-0.2, 0) is 19.1 Å². The van der Waals surface area contributed by atoms with E-state index in [0.29, 0.717) is 44.0 Å². The molecule has 1 heterocycles. The number of carbonyl (C=O) groups excluding carboxylic acids is 3. The van der Waals surface area contributed by atoms with Crippen LogP contribution in [0.1, 0.15) is 37.0 Å². The Balaban J connectivity index is 2.02. The largest absolute Gasteiger partial charge is 0.496 e. The van der Waals surface area contributed by atoms with Gasteiger partial charge in [0.05, 0.1) is 33.9 Å². The topological polar surface area (TPSA) is 101 Å². The summed E-state index contributed by atoms with van der Waals surface area (Å²) in [5.74, 6) is -0.481. The standard InChI is InChI=1S/C21H29NO8/c1-6-29-20(24)14-7-9-22(10-8-14)19(23)13(2)30-21(25)15-11-17(27-4)18(28-5)12-16(15)26-3/h11-14H,6-10H2,1-5H3. The first kappa shape index (κ1) is 23.3. The van der Waals surface area contributed by atoms with Crippen molar-refractivity contribution in [1.29, 1.82) is 0 Å². The Labute approximate surface area is 176 Å². The third-order valence-electron chi connectivity index (χ3n) is 4.98. The lowest BCUT2D eigenvalue weighted by Gasteiger charge is -2.32. The summed E-state index contributed by atoms with van der Waals surface area (Å²) in [4.78, 5) is 38.8. The van der Waals surface area contributed by atoms with E-state index in [-0.39, 0.29) is 29.1 Å². The van der Waals surface area contributed by atoms with E-state index < -0.39 is 12.1 Å². The molecule has 30 heavy (non-hydrogen) atoms. The van der Waals surface area contributed by atoms with E-state index in [1.165, 1.54) is 40.4 Å². The van der Waals surface area contributed by atoms with Crippen LogP contribution in [0.3, 0.4) is 0 Å². The van der Waals surface area contributed by atoms with Gasteiger partial charge in [-0.3, -0.25) is 9.59 Å². The maximum Gasteiger partial charge on any atom is 0.342 e. The average Bonchev–Trinajstić information content (AvgIpc) is 2.77. The lowest BCUT2D eigenvalue weighted by Crippen LogP contribution is -2.45. The van der Waals surface area contributed by atoms with E-state index in [2.05, 4.69) is 0 Å². The quantitative estimate of drug-likeness (QED) is 0.586. The third kappa shape index (κ3) is 5.34. The van der Waals surface area contributed by atoms with Gasteiger partial charge in [-0.25, -0.2) is 4.79 Å². The van der Waals surface area contributed by atoms with Crippen LogP contribution in [-0.4, -0.2) is 69.9 Å². The molecule has 1 aliphatic rings. The summed E-state index contributed by atoms with van der Waals surface area (Å²) in [5.41, 5.74) is 0.121. The highest BCUT2D eigenvalue weighted by Crippen LogP contribution is 2.35. The molecule has 0 N–H and O–H groups in total. The molecule has 1 unspecified atom stereocenters. The molecular weight excluding hydrogens is 394 g/mol. The number of amides is 1. The number of piperidine rings is 1. The van der Waals surface area contributed by atoms with E-state index >= 15 is 0 Å². The smallest absolute Gasteiger partial charge is 0.342 e. The van der Waals surface area contributed by atoms with Crippen molar-refractivity contribution in [3.63, 3.8) is 0 Å². The molecule has 2 rings (SSSR count). The van der Waals surface area contributed by atoms with Crippen LogP contribution in [0.5, 0.6) is 17.2 Å². The van der Waals surface area contributed by atoms with Gasteiger partial charge < -0.3 is 28.6 Å². The van der Waals surface area contributed by atoms with E-state index in [1.807, 2.05) is 0 Å². The molecule has 1 atom stereocenters. The number of likely N-dealkylation sites (tertiary alicyclic amines) is 1. The fraction of sp³-hybridized carbons (Fsp3) is 0.571. The third-order valence-corrected chi connectivity index (χ3v) is 4.98. The molecule has 0 aliphatic carbocycles. The molecule has 0 bridgehead atoms. The van der Waals surface area contributed by atoms with Crippen molar-refractivity contribution < 1.29 is 38.1 Å². The molecule has 1 fully saturated rings. The van der Waals surface area contributed by atoms with E-state index in [1.54, 1.807) is 11.8 Å². The van der Waals surface area contributed by atoms with Crippen LogP contribution < -0.4 is 14.2 Å². The maximum atomic E-state index is 12.7. The molecular formula is C21H29NO8. The minimum absolute atomic E-state index is 0.121. The van der Waals surface area contributed by atoms with Gasteiger partial charge in [0.1, 0.15) is 11.3 Å². The molecule has 166 valence electrons. The first-order valence-electron chi connectivity index (χ1n) is 9.82. The SMILES string of the molecule is CCOC(=O)C1CCN(C(=O)C(C)OC(=O)c2cc(OC)c(OC)cc2OC)CC1. The Kier molecular flexibility index (Phi) is 8.32. The van der Waals surface area contributed by atoms with Crippen molar-refractivity contribution in [2.24, 2.45) is 5.92 Å². The average molecular weight is 423 g/mol. The molecule has 0 spiro atoms. The zero-order chi connectivity index (χ0) is 22.3. The van der Waals surface area contributed by atoms with Gasteiger partial charge in [0.2, 0.25) is 0 Å². The molecule has 1 aliphatic heterocycles. The molecule has 1 amide bonds. The minimum atomic E-state index is -0.991. The van der Waals surface area contributed by atoms with Crippen LogP contribution in [0.25, 0.3) is 0 Å². The van der Waals surface area contributed by atoms with Crippen LogP contribution in [0.15, 0.2) is 12.1 Å². The van der Waals surface area contributed by atoms with Crippen LogP contribution in [0.4, 0.5) is 0 Å². The van der Waals surface area contributed by atoms with Gasteiger partial charge in [-0.15, -0.1) is 0 Å². The predicted octanol–water partition coefficient (Wildman–Crippen LogP) is 2.06. The second-order valence-electron chi connectivity index (χ2n) is 6.81. The van der Waals surface area contributed by atoms with Crippen molar-refractivity contribution in [3.8, 4) is 17.2 Å². The number of hydrogen-bond acceptors (Lipinski definition) is 8. The Hall–Kier alpha value is -2.97. The van der Waals surface area contributed by atoms with Crippen LogP contribution >= 0.6 is 0 Å². The molecule has 0 aromatic heterocycles. The lowest BCUT2D eigenvalue weighted by molar-refractivity contribution is -0.152. The predicted molar refractivity (Wildman–Crippen MR) is 107 cm³/mol. The molecule has 1 saturated heterocycles. The highest BCUT2D eigenvalue weighted by atomic mass is 16.6. The Morgan fingerprint density at radius 2 is 1.57 bits per heavy atom. The fourth-order valence-electron chi connectivity index (χ4n) is 3.32. The second kappa shape index (κ2) is 10.7. The molecule has 1 aromatic rings. The maximum absolute atomic E-state index is 12.7. The summed E-state index contributed by atoms with van der Waals surface area (Å²) >= 11 is 0. The number of nitrogens with zero attached hydrogens (tertiary/aromatic N) is 1. The summed E-state index contributed by atoms with van der Waals surface area (Å²) < 4.78 is 26.1. The van der Waals surface area contributed by atoms with Crippen molar-refractivity contribution >= 4 is 17.8 Å². The zero-order valence-corrected chi connectivity index (χ0v) is 18.1. The summed E-state index contributed by atoms with van der Waals surface area (Å²) in [6.45, 7) is 4.43. The number of methoxy groups -OCH3 is 3. The van der Waals surface area contributed by atoms with Crippen molar-refractivity contribution in [2.75, 3.05) is 41.0 Å². The van der Waals surface area contributed by atoms with Crippen molar-refractivity contribution in [2.45, 2.75) is 32.8 Å². The molecule has 1 aromatic carbocycles. The monoisotopic (exact) mass is 423 g/mol. The van der Waals surface area contributed by atoms with Gasteiger partial charge in [0.15, 0.2) is 17.6 Å². The van der Waals surface area contributed by atoms with E-state index in [4.69, 9.17) is 23.7 Å². The molecule has 9 heteroatoms. The number of ether oxygens (including phenoxy) is 5. The normalized spacial score (nSPS) is 15.2. The Bertz CT molecular complexity index is 771. The zero-order valence-electron chi connectivity index (χ0n) is 18.1. The minimum Gasteiger partial charge on any atom is -0.496 e. The molecule has 0 radical (unpaired) electrons. The number of benzene rings is 1. The van der Waals surface area contributed by atoms with Crippen LogP contribution in [0, 0.1) is 5.92 Å². The molecule has 9 nitrogen and oxygen atoms in total. The number of esters is 2. The molecule has 0 saturated carbocycles. The lowest BCUT2D eigenvalue weighted by atomic mass is 9.97.